The summed E-state index contributed by atoms with van der Waals surface area (Å²) in [4.78, 5) is 24.8. The molecule has 1 saturated heterocycles. The number of amides is 2. The first kappa shape index (κ1) is 13.6. The van der Waals surface area contributed by atoms with Gasteiger partial charge in [0.05, 0.1) is 6.54 Å². The number of imide groups is 1. The van der Waals surface area contributed by atoms with Gasteiger partial charge >= 0.3 is 0 Å². The molecular weight excluding hydrogens is 267 g/mol. The van der Waals surface area contributed by atoms with E-state index in [2.05, 4.69) is 0 Å². The topological polar surface area (TPSA) is 63.4 Å². The van der Waals surface area contributed by atoms with Gasteiger partial charge in [0.15, 0.2) is 0 Å². The van der Waals surface area contributed by atoms with Crippen molar-refractivity contribution in [3.05, 3.63) is 35.1 Å². The smallest absolute Gasteiger partial charge is 0.232 e. The molecule has 2 rings (SSSR count). The Bertz CT molecular complexity index is 574. The summed E-state index contributed by atoms with van der Waals surface area (Å²) in [6.45, 7) is 1.70. The van der Waals surface area contributed by atoms with Gasteiger partial charge in [0, 0.05) is 17.9 Å². The van der Waals surface area contributed by atoms with Crippen molar-refractivity contribution in [3.8, 4) is 0 Å². The lowest BCUT2D eigenvalue weighted by molar-refractivity contribution is -0.139. The molecule has 1 aromatic carbocycles. The van der Waals surface area contributed by atoms with Crippen LogP contribution in [-0.2, 0) is 16.1 Å². The van der Waals surface area contributed by atoms with Crippen molar-refractivity contribution in [3.63, 3.8) is 0 Å². The second kappa shape index (κ2) is 5.05. The number of halogens is 1. The van der Waals surface area contributed by atoms with Gasteiger partial charge in [-0.25, -0.2) is 4.39 Å². The third-order valence-electron chi connectivity index (χ3n) is 3.13. The predicted octanol–water partition coefficient (Wildman–Crippen LogP) is 1.35. The third-order valence-corrected chi connectivity index (χ3v) is 3.35. The molecule has 0 radical (unpaired) electrons. The molecule has 0 aromatic heterocycles. The van der Waals surface area contributed by atoms with Crippen molar-refractivity contribution >= 4 is 29.0 Å². The Labute approximate surface area is 115 Å². The maximum absolute atomic E-state index is 13.3. The predicted molar refractivity (Wildman–Crippen MR) is 71.6 cm³/mol. The first-order valence-corrected chi connectivity index (χ1v) is 6.23. The number of rotatable bonds is 3. The lowest BCUT2D eigenvalue weighted by Crippen LogP contribution is -2.30. The summed E-state index contributed by atoms with van der Waals surface area (Å²) in [6.07, 6.45) is 0.191. The van der Waals surface area contributed by atoms with Crippen LogP contribution in [0.15, 0.2) is 18.2 Å². The van der Waals surface area contributed by atoms with Crippen LogP contribution < -0.4 is 5.73 Å². The Hall–Kier alpha value is -1.82. The summed E-state index contributed by atoms with van der Waals surface area (Å²) in [7, 11) is 0. The lowest BCUT2D eigenvalue weighted by atomic mass is 10.1. The van der Waals surface area contributed by atoms with E-state index in [4.69, 9.17) is 18.0 Å². The number of hydrogen-bond acceptors (Lipinski definition) is 3. The molecule has 100 valence electrons. The van der Waals surface area contributed by atoms with Crippen LogP contribution in [0.25, 0.3) is 0 Å². The molecule has 0 saturated carbocycles. The summed E-state index contributed by atoms with van der Waals surface area (Å²) >= 11 is 4.88. The van der Waals surface area contributed by atoms with E-state index in [9.17, 15) is 14.0 Å². The van der Waals surface area contributed by atoms with Crippen molar-refractivity contribution in [2.75, 3.05) is 0 Å². The zero-order chi connectivity index (χ0) is 14.2. The molecule has 6 heteroatoms. The van der Waals surface area contributed by atoms with Gasteiger partial charge in [0.1, 0.15) is 10.8 Å². The van der Waals surface area contributed by atoms with E-state index < -0.39 is 5.82 Å². The largest absolute Gasteiger partial charge is 0.389 e. The van der Waals surface area contributed by atoms with Gasteiger partial charge in [0.2, 0.25) is 11.8 Å². The quantitative estimate of drug-likeness (QED) is 0.670. The summed E-state index contributed by atoms with van der Waals surface area (Å²) in [6, 6.07) is 3.95. The Morgan fingerprint density at radius 1 is 1.53 bits per heavy atom. The fraction of sp³-hybridized carbons (Fsp3) is 0.308. The number of carbonyl (C=O) groups is 2. The molecule has 2 N–H and O–H groups in total. The van der Waals surface area contributed by atoms with Crippen LogP contribution in [0.3, 0.4) is 0 Å². The van der Waals surface area contributed by atoms with Gasteiger partial charge < -0.3 is 5.73 Å². The van der Waals surface area contributed by atoms with Crippen LogP contribution in [0.5, 0.6) is 0 Å². The number of hydrogen-bond donors (Lipinski definition) is 1. The molecule has 1 aromatic rings. The van der Waals surface area contributed by atoms with Crippen LogP contribution >= 0.6 is 12.2 Å². The number of carbonyl (C=O) groups excluding carboxylic acids is 2. The first-order valence-electron chi connectivity index (χ1n) is 5.82. The van der Waals surface area contributed by atoms with Gasteiger partial charge in [-0.3, -0.25) is 14.5 Å². The van der Waals surface area contributed by atoms with Gasteiger partial charge in [-0.2, -0.15) is 0 Å². The highest BCUT2D eigenvalue weighted by Gasteiger charge is 2.35. The van der Waals surface area contributed by atoms with Crippen molar-refractivity contribution in [2.45, 2.75) is 19.9 Å². The number of benzene rings is 1. The monoisotopic (exact) mass is 280 g/mol. The van der Waals surface area contributed by atoms with Crippen LogP contribution in [0.2, 0.25) is 0 Å². The summed E-state index contributed by atoms with van der Waals surface area (Å²) < 4.78 is 13.3. The second-order valence-corrected chi connectivity index (χ2v) is 5.03. The average molecular weight is 280 g/mol. The number of nitrogens with zero attached hydrogens (tertiary/aromatic N) is 1. The minimum absolute atomic E-state index is 0.00639. The van der Waals surface area contributed by atoms with E-state index in [0.29, 0.717) is 11.1 Å². The van der Waals surface area contributed by atoms with E-state index in [1.807, 2.05) is 0 Å². The molecule has 0 spiro atoms. The highest BCUT2D eigenvalue weighted by molar-refractivity contribution is 7.80. The zero-order valence-electron chi connectivity index (χ0n) is 10.4. The molecule has 1 aliphatic rings. The standard InChI is InChI=1S/C13H13FN2O2S/c1-7-4-11(17)16(13(7)18)6-8-5-9(14)2-3-10(8)12(15)19/h2-3,5,7H,4,6H2,1H3,(H2,15,19). The number of likely N-dealkylation sites (tertiary alicyclic amines) is 1. The maximum atomic E-state index is 13.3. The Balaban J connectivity index is 2.33. The Kier molecular flexibility index (Phi) is 3.61. The average Bonchev–Trinajstić information content (AvgIpc) is 2.56. The molecular formula is C13H13FN2O2S. The van der Waals surface area contributed by atoms with Crippen LogP contribution in [0, 0.1) is 11.7 Å². The minimum atomic E-state index is -0.456. The molecule has 1 aliphatic heterocycles. The van der Waals surface area contributed by atoms with Crippen LogP contribution in [-0.4, -0.2) is 21.7 Å². The highest BCUT2D eigenvalue weighted by Crippen LogP contribution is 2.23. The number of nitrogens with two attached hydrogens (primary N) is 1. The molecule has 4 nitrogen and oxygen atoms in total. The first-order chi connectivity index (χ1) is 8.90. The molecule has 1 unspecified atom stereocenters. The molecule has 0 bridgehead atoms. The molecule has 19 heavy (non-hydrogen) atoms. The zero-order valence-corrected chi connectivity index (χ0v) is 11.2. The van der Waals surface area contributed by atoms with E-state index in [-0.39, 0.29) is 35.7 Å². The van der Waals surface area contributed by atoms with Crippen molar-refractivity contribution < 1.29 is 14.0 Å². The van der Waals surface area contributed by atoms with E-state index in [1.54, 1.807) is 6.92 Å². The lowest BCUT2D eigenvalue weighted by Gasteiger charge is -2.16. The van der Waals surface area contributed by atoms with Crippen LogP contribution in [0.1, 0.15) is 24.5 Å². The van der Waals surface area contributed by atoms with Gasteiger partial charge in [-0.05, 0) is 23.8 Å². The molecule has 0 aliphatic carbocycles. The minimum Gasteiger partial charge on any atom is -0.389 e. The molecule has 1 fully saturated rings. The Morgan fingerprint density at radius 3 is 2.74 bits per heavy atom. The van der Waals surface area contributed by atoms with Gasteiger partial charge in [0.25, 0.3) is 0 Å². The summed E-state index contributed by atoms with van der Waals surface area (Å²) in [5.41, 5.74) is 6.49. The Morgan fingerprint density at radius 2 is 2.21 bits per heavy atom. The summed E-state index contributed by atoms with van der Waals surface area (Å²) in [5.74, 6) is -1.28. The van der Waals surface area contributed by atoms with Gasteiger partial charge in [-0.1, -0.05) is 19.1 Å². The molecule has 2 amide bonds. The van der Waals surface area contributed by atoms with E-state index >= 15 is 0 Å². The second-order valence-electron chi connectivity index (χ2n) is 4.59. The maximum Gasteiger partial charge on any atom is 0.232 e. The van der Waals surface area contributed by atoms with E-state index in [1.165, 1.54) is 18.2 Å². The molecule has 1 atom stereocenters. The van der Waals surface area contributed by atoms with Crippen LogP contribution in [0.4, 0.5) is 4.39 Å². The number of thiocarbonyl (C=S) groups is 1. The van der Waals surface area contributed by atoms with Crippen molar-refractivity contribution in [1.29, 1.82) is 0 Å². The van der Waals surface area contributed by atoms with Crippen molar-refractivity contribution in [1.82, 2.24) is 4.90 Å². The highest BCUT2D eigenvalue weighted by atomic mass is 32.1. The normalized spacial score (nSPS) is 19.1. The van der Waals surface area contributed by atoms with Gasteiger partial charge in [-0.15, -0.1) is 0 Å². The summed E-state index contributed by atoms with van der Waals surface area (Å²) in [5, 5.41) is 0. The third kappa shape index (κ3) is 2.63. The fourth-order valence-electron chi connectivity index (χ4n) is 2.12. The molecule has 1 heterocycles. The SMILES string of the molecule is CC1CC(=O)N(Cc2cc(F)ccc2C(N)=S)C1=O. The fourth-order valence-corrected chi connectivity index (χ4v) is 2.32. The van der Waals surface area contributed by atoms with E-state index in [0.717, 1.165) is 4.90 Å². The van der Waals surface area contributed by atoms with Crippen molar-refractivity contribution in [2.24, 2.45) is 11.7 Å².